The maximum atomic E-state index is 12.0. The predicted octanol–water partition coefficient (Wildman–Crippen LogP) is 3.49. The maximum absolute atomic E-state index is 12.0. The molecule has 0 saturated carbocycles. The molecule has 2 aromatic rings. The van der Waals surface area contributed by atoms with Gasteiger partial charge in [-0.25, -0.2) is 4.99 Å². The van der Waals surface area contributed by atoms with Crippen LogP contribution in [0.3, 0.4) is 0 Å². The zero-order chi connectivity index (χ0) is 16.2. The molecule has 0 spiro atoms. The van der Waals surface area contributed by atoms with Gasteiger partial charge < -0.3 is 5.32 Å². The van der Waals surface area contributed by atoms with Gasteiger partial charge in [0.25, 0.3) is 11.6 Å². The number of rotatable bonds is 3. The highest BCUT2D eigenvalue weighted by molar-refractivity contribution is 8.18. The normalized spacial score (nSPS) is 17.5. The van der Waals surface area contributed by atoms with E-state index >= 15 is 0 Å². The van der Waals surface area contributed by atoms with Crippen molar-refractivity contribution in [1.82, 2.24) is 5.32 Å². The third-order valence-corrected chi connectivity index (χ3v) is 3.93. The summed E-state index contributed by atoms with van der Waals surface area (Å²) in [6, 6.07) is 15.4. The first kappa shape index (κ1) is 15.0. The number of aliphatic imine (C=N–C) groups is 1. The molecule has 0 bridgehead atoms. The lowest BCUT2D eigenvalue weighted by Gasteiger charge is -1.96. The van der Waals surface area contributed by atoms with Crippen LogP contribution in [0.5, 0.6) is 0 Å². The predicted molar refractivity (Wildman–Crippen MR) is 90.3 cm³/mol. The van der Waals surface area contributed by atoms with Crippen LogP contribution in [-0.4, -0.2) is 16.0 Å². The van der Waals surface area contributed by atoms with Crippen LogP contribution in [0.25, 0.3) is 6.08 Å². The SMILES string of the molecule is O=C1NC(=Nc2cccc([N+](=O)[O-])c2)SC1=Cc1ccccc1. The van der Waals surface area contributed by atoms with E-state index in [0.717, 1.165) is 5.56 Å². The van der Waals surface area contributed by atoms with Gasteiger partial charge in [-0.1, -0.05) is 36.4 Å². The van der Waals surface area contributed by atoms with Gasteiger partial charge in [-0.05, 0) is 29.5 Å². The number of nitrogens with zero attached hydrogens (tertiary/aromatic N) is 2. The lowest BCUT2D eigenvalue weighted by molar-refractivity contribution is -0.384. The molecule has 6 nitrogen and oxygen atoms in total. The number of amidine groups is 1. The van der Waals surface area contributed by atoms with E-state index in [1.807, 2.05) is 30.3 Å². The van der Waals surface area contributed by atoms with Crippen LogP contribution in [0.2, 0.25) is 0 Å². The van der Waals surface area contributed by atoms with Crippen LogP contribution in [-0.2, 0) is 4.79 Å². The van der Waals surface area contributed by atoms with Crippen LogP contribution < -0.4 is 5.32 Å². The quantitative estimate of drug-likeness (QED) is 0.532. The highest BCUT2D eigenvalue weighted by Gasteiger charge is 2.23. The molecule has 0 unspecified atom stereocenters. The van der Waals surface area contributed by atoms with E-state index in [4.69, 9.17) is 0 Å². The highest BCUT2D eigenvalue weighted by Crippen LogP contribution is 2.28. The summed E-state index contributed by atoms with van der Waals surface area (Å²) < 4.78 is 0. The van der Waals surface area contributed by atoms with Crippen molar-refractivity contribution in [1.29, 1.82) is 0 Å². The van der Waals surface area contributed by atoms with E-state index in [2.05, 4.69) is 10.3 Å². The summed E-state index contributed by atoms with van der Waals surface area (Å²) in [7, 11) is 0. The number of nitro benzene ring substituents is 1. The molecular weight excluding hydrogens is 314 g/mol. The number of benzene rings is 2. The Hall–Kier alpha value is -2.93. The van der Waals surface area contributed by atoms with Crippen molar-refractivity contribution in [2.45, 2.75) is 0 Å². The third-order valence-electron chi connectivity index (χ3n) is 3.02. The second kappa shape index (κ2) is 6.45. The molecule has 1 fully saturated rings. The van der Waals surface area contributed by atoms with Crippen molar-refractivity contribution in [2.24, 2.45) is 4.99 Å². The Morgan fingerprint density at radius 2 is 1.91 bits per heavy atom. The smallest absolute Gasteiger partial charge is 0.271 e. The number of nitro groups is 1. The average molecular weight is 325 g/mol. The number of nitrogens with one attached hydrogen (secondary N) is 1. The Kier molecular flexibility index (Phi) is 4.20. The van der Waals surface area contributed by atoms with Crippen LogP contribution in [0.4, 0.5) is 11.4 Å². The van der Waals surface area contributed by atoms with Gasteiger partial charge in [0.15, 0.2) is 5.17 Å². The first-order valence-electron chi connectivity index (χ1n) is 6.71. The number of carbonyl (C=O) groups excluding carboxylic acids is 1. The Labute approximate surface area is 136 Å². The molecule has 1 saturated heterocycles. The van der Waals surface area contributed by atoms with Gasteiger partial charge in [-0.15, -0.1) is 0 Å². The molecule has 7 heteroatoms. The lowest BCUT2D eigenvalue weighted by atomic mass is 10.2. The molecule has 23 heavy (non-hydrogen) atoms. The lowest BCUT2D eigenvalue weighted by Crippen LogP contribution is -2.19. The molecule has 1 aliphatic heterocycles. The summed E-state index contributed by atoms with van der Waals surface area (Å²) in [6.45, 7) is 0. The maximum Gasteiger partial charge on any atom is 0.271 e. The number of non-ortho nitro benzene ring substituents is 1. The standard InChI is InChI=1S/C16H11N3O3S/c20-15-14(9-11-5-2-1-3-6-11)23-16(18-15)17-12-7-4-8-13(10-12)19(21)22/h1-10H,(H,17,18,20). The summed E-state index contributed by atoms with van der Waals surface area (Å²) in [5.74, 6) is -0.233. The van der Waals surface area contributed by atoms with Gasteiger partial charge in [0.2, 0.25) is 0 Å². The Morgan fingerprint density at radius 3 is 2.65 bits per heavy atom. The molecule has 114 valence electrons. The van der Waals surface area contributed by atoms with Gasteiger partial charge >= 0.3 is 0 Å². The van der Waals surface area contributed by atoms with Crippen LogP contribution in [0, 0.1) is 10.1 Å². The summed E-state index contributed by atoms with van der Waals surface area (Å²) >= 11 is 1.20. The Balaban J connectivity index is 1.83. The molecular formula is C16H11N3O3S. The topological polar surface area (TPSA) is 84.6 Å². The number of thioether (sulfide) groups is 1. The fourth-order valence-corrected chi connectivity index (χ4v) is 2.82. The zero-order valence-electron chi connectivity index (χ0n) is 11.8. The van der Waals surface area contributed by atoms with Gasteiger partial charge in [0, 0.05) is 12.1 Å². The Morgan fingerprint density at radius 1 is 1.13 bits per heavy atom. The minimum absolute atomic E-state index is 0.0405. The molecule has 0 aromatic heterocycles. The van der Waals surface area contributed by atoms with Gasteiger partial charge in [0.1, 0.15) is 0 Å². The van der Waals surface area contributed by atoms with Gasteiger partial charge in [0.05, 0.1) is 15.5 Å². The molecule has 1 heterocycles. The van der Waals surface area contributed by atoms with E-state index in [-0.39, 0.29) is 11.6 Å². The van der Waals surface area contributed by atoms with Crippen molar-refractivity contribution in [2.75, 3.05) is 0 Å². The molecule has 1 N–H and O–H groups in total. The zero-order valence-corrected chi connectivity index (χ0v) is 12.6. The summed E-state index contributed by atoms with van der Waals surface area (Å²) in [5, 5.41) is 13.8. The Bertz CT molecular complexity index is 831. The third kappa shape index (κ3) is 3.64. The van der Waals surface area contributed by atoms with Crippen LogP contribution in [0.15, 0.2) is 64.5 Å². The molecule has 0 atom stereocenters. The number of hydrogen-bond acceptors (Lipinski definition) is 5. The van der Waals surface area contributed by atoms with Crippen molar-refractivity contribution in [3.8, 4) is 0 Å². The second-order valence-electron chi connectivity index (χ2n) is 4.67. The molecule has 2 aromatic carbocycles. The van der Waals surface area contributed by atoms with E-state index in [1.165, 1.54) is 23.9 Å². The van der Waals surface area contributed by atoms with Crippen molar-refractivity contribution >= 4 is 40.3 Å². The molecule has 3 rings (SSSR count). The van der Waals surface area contributed by atoms with Crippen molar-refractivity contribution < 1.29 is 9.72 Å². The minimum atomic E-state index is -0.481. The molecule has 0 aliphatic carbocycles. The fraction of sp³-hybridized carbons (Fsp3) is 0. The molecule has 1 aliphatic rings. The fourth-order valence-electron chi connectivity index (χ4n) is 1.97. The monoisotopic (exact) mass is 325 g/mol. The van der Waals surface area contributed by atoms with Crippen molar-refractivity contribution in [3.05, 3.63) is 75.2 Å². The van der Waals surface area contributed by atoms with E-state index in [0.29, 0.717) is 15.8 Å². The highest BCUT2D eigenvalue weighted by atomic mass is 32.2. The molecule has 0 radical (unpaired) electrons. The number of carbonyl (C=O) groups is 1. The summed E-state index contributed by atoms with van der Waals surface area (Å²) in [5.41, 5.74) is 1.30. The number of amides is 1. The van der Waals surface area contributed by atoms with Gasteiger partial charge in [-0.2, -0.15) is 0 Å². The summed E-state index contributed by atoms with van der Waals surface area (Å²) in [6.07, 6.45) is 1.77. The van der Waals surface area contributed by atoms with Crippen LogP contribution >= 0.6 is 11.8 Å². The largest absolute Gasteiger partial charge is 0.300 e. The molecule has 1 amide bonds. The van der Waals surface area contributed by atoms with E-state index in [9.17, 15) is 14.9 Å². The van der Waals surface area contributed by atoms with Crippen molar-refractivity contribution in [3.63, 3.8) is 0 Å². The first-order valence-corrected chi connectivity index (χ1v) is 7.52. The van der Waals surface area contributed by atoms with E-state index in [1.54, 1.807) is 18.2 Å². The average Bonchev–Trinajstić information content (AvgIpc) is 2.88. The van der Waals surface area contributed by atoms with Gasteiger partial charge in [-0.3, -0.25) is 14.9 Å². The van der Waals surface area contributed by atoms with Crippen LogP contribution in [0.1, 0.15) is 5.56 Å². The van der Waals surface area contributed by atoms with E-state index < -0.39 is 4.92 Å². The second-order valence-corrected chi connectivity index (χ2v) is 5.70. The minimum Gasteiger partial charge on any atom is -0.300 e. The first-order chi connectivity index (χ1) is 11.1. The summed E-state index contributed by atoms with van der Waals surface area (Å²) in [4.78, 5) is 27.0. The number of hydrogen-bond donors (Lipinski definition) is 1.